The first kappa shape index (κ1) is 21.2. The van der Waals surface area contributed by atoms with E-state index in [1.54, 1.807) is 44.6 Å². The summed E-state index contributed by atoms with van der Waals surface area (Å²) in [6, 6.07) is 10.8. The summed E-state index contributed by atoms with van der Waals surface area (Å²) in [5, 5.41) is 12.3. The lowest BCUT2D eigenvalue weighted by molar-refractivity contribution is -0.115. The molecule has 8 heteroatoms. The second kappa shape index (κ2) is 9.39. The summed E-state index contributed by atoms with van der Waals surface area (Å²) in [6.45, 7) is 0.875. The quantitative estimate of drug-likeness (QED) is 0.609. The molecule has 162 valence electrons. The van der Waals surface area contributed by atoms with E-state index in [1.807, 2.05) is 6.07 Å². The molecule has 1 aromatic heterocycles. The summed E-state index contributed by atoms with van der Waals surface area (Å²) in [5.74, 6) is 2.87. The standard InChI is InChI=1S/C23H25ClN4O3/c1-30-17-8-10-20(31-2)15(12-17)13-22(29)25-16-7-9-19(24)18(14-16)23-27-26-21-6-4-3-5-11-28(21)23/h7-10,12,14H,3-6,11,13H2,1-2H3,(H,25,29). The van der Waals surface area contributed by atoms with Crippen molar-refractivity contribution in [1.82, 2.24) is 14.8 Å². The van der Waals surface area contributed by atoms with Crippen LogP contribution in [-0.2, 0) is 24.2 Å². The third-order valence-corrected chi connectivity index (χ3v) is 5.77. The number of aromatic nitrogens is 3. The average Bonchev–Trinajstić information content (AvgIpc) is 3.02. The highest BCUT2D eigenvalue weighted by Crippen LogP contribution is 2.31. The molecule has 0 unspecified atom stereocenters. The lowest BCUT2D eigenvalue weighted by Crippen LogP contribution is -2.15. The van der Waals surface area contributed by atoms with Crippen LogP contribution in [0.25, 0.3) is 11.4 Å². The minimum Gasteiger partial charge on any atom is -0.497 e. The first-order valence-electron chi connectivity index (χ1n) is 10.3. The number of benzene rings is 2. The van der Waals surface area contributed by atoms with Crippen molar-refractivity contribution in [3.05, 3.63) is 52.8 Å². The molecule has 1 amide bonds. The summed E-state index contributed by atoms with van der Waals surface area (Å²) in [4.78, 5) is 12.7. The van der Waals surface area contributed by atoms with Crippen LogP contribution >= 0.6 is 11.6 Å². The number of ether oxygens (including phenoxy) is 2. The molecule has 0 aliphatic carbocycles. The maximum atomic E-state index is 12.7. The van der Waals surface area contributed by atoms with Gasteiger partial charge in [0.2, 0.25) is 5.91 Å². The van der Waals surface area contributed by atoms with Crippen LogP contribution in [0, 0.1) is 0 Å². The number of nitrogens with one attached hydrogen (secondary N) is 1. The lowest BCUT2D eigenvalue weighted by Gasteiger charge is -2.12. The van der Waals surface area contributed by atoms with Crippen molar-refractivity contribution in [3.63, 3.8) is 0 Å². The molecule has 0 fully saturated rings. The average molecular weight is 441 g/mol. The first-order valence-corrected chi connectivity index (χ1v) is 10.7. The van der Waals surface area contributed by atoms with E-state index in [4.69, 9.17) is 21.1 Å². The summed E-state index contributed by atoms with van der Waals surface area (Å²) in [7, 11) is 3.17. The summed E-state index contributed by atoms with van der Waals surface area (Å²) in [5.41, 5.74) is 2.16. The minimum atomic E-state index is -0.167. The predicted molar refractivity (Wildman–Crippen MR) is 120 cm³/mol. The third kappa shape index (κ3) is 4.66. The first-order chi connectivity index (χ1) is 15.1. The normalized spacial score (nSPS) is 13.3. The number of anilines is 1. The van der Waals surface area contributed by atoms with E-state index in [2.05, 4.69) is 20.1 Å². The number of aryl methyl sites for hydroxylation is 1. The zero-order valence-corrected chi connectivity index (χ0v) is 18.4. The van der Waals surface area contributed by atoms with Crippen molar-refractivity contribution in [3.8, 4) is 22.9 Å². The zero-order chi connectivity index (χ0) is 21.8. The number of nitrogens with zero attached hydrogens (tertiary/aromatic N) is 3. The molecule has 1 aliphatic rings. The van der Waals surface area contributed by atoms with Gasteiger partial charge in [0.1, 0.15) is 17.3 Å². The van der Waals surface area contributed by atoms with E-state index in [-0.39, 0.29) is 12.3 Å². The van der Waals surface area contributed by atoms with Crippen LogP contribution in [0.2, 0.25) is 5.02 Å². The number of carbonyl (C=O) groups is 1. The molecule has 0 radical (unpaired) electrons. The van der Waals surface area contributed by atoms with Crippen molar-refractivity contribution in [2.75, 3.05) is 19.5 Å². The molecule has 1 aliphatic heterocycles. The van der Waals surface area contributed by atoms with Crippen molar-refractivity contribution < 1.29 is 14.3 Å². The third-order valence-electron chi connectivity index (χ3n) is 5.44. The molecular weight excluding hydrogens is 416 g/mol. The molecule has 0 saturated heterocycles. The van der Waals surface area contributed by atoms with Crippen molar-refractivity contribution >= 4 is 23.2 Å². The number of methoxy groups -OCH3 is 2. The number of amides is 1. The van der Waals surface area contributed by atoms with Crippen LogP contribution in [0.4, 0.5) is 5.69 Å². The van der Waals surface area contributed by atoms with Crippen LogP contribution in [-0.4, -0.2) is 34.9 Å². The highest BCUT2D eigenvalue weighted by Gasteiger charge is 2.19. The van der Waals surface area contributed by atoms with E-state index in [0.717, 1.165) is 48.6 Å². The van der Waals surface area contributed by atoms with Crippen LogP contribution in [0.3, 0.4) is 0 Å². The Labute approximate surface area is 186 Å². The van der Waals surface area contributed by atoms with Gasteiger partial charge in [0.15, 0.2) is 5.82 Å². The Morgan fingerprint density at radius 1 is 1.10 bits per heavy atom. The van der Waals surface area contributed by atoms with Crippen LogP contribution in [0.5, 0.6) is 11.5 Å². The number of carbonyl (C=O) groups excluding carboxylic acids is 1. The molecule has 0 atom stereocenters. The van der Waals surface area contributed by atoms with Gasteiger partial charge in [0.25, 0.3) is 0 Å². The van der Waals surface area contributed by atoms with E-state index < -0.39 is 0 Å². The molecule has 3 aromatic rings. The number of rotatable bonds is 6. The van der Waals surface area contributed by atoms with Crippen LogP contribution in [0.15, 0.2) is 36.4 Å². The van der Waals surface area contributed by atoms with Crippen molar-refractivity contribution in [2.24, 2.45) is 0 Å². The van der Waals surface area contributed by atoms with Gasteiger partial charge in [-0.05, 0) is 49.2 Å². The van der Waals surface area contributed by atoms with Gasteiger partial charge in [0, 0.05) is 29.8 Å². The van der Waals surface area contributed by atoms with Crippen LogP contribution in [0.1, 0.15) is 30.7 Å². The Morgan fingerprint density at radius 3 is 2.77 bits per heavy atom. The number of fused-ring (bicyclic) bond motifs is 1. The van der Waals surface area contributed by atoms with E-state index >= 15 is 0 Å². The fourth-order valence-electron chi connectivity index (χ4n) is 3.86. The lowest BCUT2D eigenvalue weighted by atomic mass is 10.1. The predicted octanol–water partition coefficient (Wildman–Crippen LogP) is 4.52. The Morgan fingerprint density at radius 2 is 1.97 bits per heavy atom. The van der Waals surface area contributed by atoms with Gasteiger partial charge in [-0.3, -0.25) is 4.79 Å². The van der Waals surface area contributed by atoms with E-state index in [9.17, 15) is 4.79 Å². The fourth-order valence-corrected chi connectivity index (χ4v) is 4.06. The summed E-state index contributed by atoms with van der Waals surface area (Å²) in [6.07, 6.45) is 4.46. The van der Waals surface area contributed by atoms with Gasteiger partial charge in [0.05, 0.1) is 25.7 Å². The smallest absolute Gasteiger partial charge is 0.228 e. The molecule has 1 N–H and O–H groups in total. The SMILES string of the molecule is COc1ccc(OC)c(CC(=O)Nc2ccc(Cl)c(-c3nnc4n3CCCCC4)c2)c1. The zero-order valence-electron chi connectivity index (χ0n) is 17.7. The van der Waals surface area contributed by atoms with Crippen molar-refractivity contribution in [1.29, 1.82) is 0 Å². The summed E-state index contributed by atoms with van der Waals surface area (Å²) >= 11 is 6.49. The summed E-state index contributed by atoms with van der Waals surface area (Å²) < 4.78 is 12.8. The van der Waals surface area contributed by atoms with Gasteiger partial charge in [-0.1, -0.05) is 18.0 Å². The van der Waals surface area contributed by atoms with Gasteiger partial charge in [-0.15, -0.1) is 10.2 Å². The van der Waals surface area contributed by atoms with Gasteiger partial charge in [-0.25, -0.2) is 0 Å². The van der Waals surface area contributed by atoms with E-state index in [1.165, 1.54) is 6.42 Å². The highest BCUT2D eigenvalue weighted by molar-refractivity contribution is 6.33. The Balaban J connectivity index is 1.56. The van der Waals surface area contributed by atoms with Gasteiger partial charge < -0.3 is 19.4 Å². The molecular formula is C23H25ClN4O3. The molecule has 0 saturated carbocycles. The molecule has 31 heavy (non-hydrogen) atoms. The Hall–Kier alpha value is -3.06. The molecule has 2 aromatic carbocycles. The largest absolute Gasteiger partial charge is 0.497 e. The molecule has 7 nitrogen and oxygen atoms in total. The molecule has 4 rings (SSSR count). The Kier molecular flexibility index (Phi) is 6.42. The second-order valence-corrected chi connectivity index (χ2v) is 7.91. The van der Waals surface area contributed by atoms with Gasteiger partial charge >= 0.3 is 0 Å². The maximum Gasteiger partial charge on any atom is 0.228 e. The van der Waals surface area contributed by atoms with E-state index in [0.29, 0.717) is 22.2 Å². The van der Waals surface area contributed by atoms with Crippen molar-refractivity contribution in [2.45, 2.75) is 38.6 Å². The fraction of sp³-hybridized carbons (Fsp3) is 0.348. The molecule has 0 spiro atoms. The molecule has 0 bridgehead atoms. The Bertz CT molecular complexity index is 1100. The topological polar surface area (TPSA) is 78.3 Å². The monoisotopic (exact) mass is 440 g/mol. The second-order valence-electron chi connectivity index (χ2n) is 7.50. The number of hydrogen-bond donors (Lipinski definition) is 1. The minimum absolute atomic E-state index is 0.151. The van der Waals surface area contributed by atoms with Gasteiger partial charge in [-0.2, -0.15) is 0 Å². The maximum absolute atomic E-state index is 12.7. The number of halogens is 1. The van der Waals surface area contributed by atoms with Crippen LogP contribution < -0.4 is 14.8 Å². The molecule has 2 heterocycles. The number of hydrogen-bond acceptors (Lipinski definition) is 5. The highest BCUT2D eigenvalue weighted by atomic mass is 35.5.